The molecule has 0 unspecified atom stereocenters. The second-order valence-electron chi connectivity index (χ2n) is 11.7. The third-order valence-electron chi connectivity index (χ3n) is 8.38. The first-order valence-electron chi connectivity index (χ1n) is 14.7. The summed E-state index contributed by atoms with van der Waals surface area (Å²) >= 11 is 0. The summed E-state index contributed by atoms with van der Waals surface area (Å²) in [7, 11) is -3.48. The van der Waals surface area contributed by atoms with Crippen molar-refractivity contribution in [1.29, 1.82) is 0 Å². The van der Waals surface area contributed by atoms with Crippen LogP contribution >= 0.6 is 8.25 Å². The van der Waals surface area contributed by atoms with Gasteiger partial charge < -0.3 is 0 Å². The van der Waals surface area contributed by atoms with Gasteiger partial charge in [0.15, 0.2) is 0 Å². The quantitative estimate of drug-likeness (QED) is 0.130. The Morgan fingerprint density at radius 1 is 0.423 bits per heavy atom. The minimum Gasteiger partial charge on any atom is -0.221 e. The zero-order chi connectivity index (χ0) is 37.5. The molecular weight excluding hydrogens is 739 g/mol. The standard InChI is InChI=1S/C36H16F12O3P/c37-33(38,39)21-9-19(10-22(15-21)34(40,41)42)27-13-17-5-1-3-7-25(17)29-30-26-8-4-2-6-18(26)14-28(32(30)51-52(49)50-31(27)29)20-11-23(35(43,44)45)16-24(12-20)36(46,47)48/h1-16H/q+1. The van der Waals surface area contributed by atoms with Crippen LogP contribution in [-0.2, 0) is 29.3 Å². The number of fused-ring (bicyclic) bond motifs is 7. The molecule has 52 heavy (non-hydrogen) atoms. The summed E-state index contributed by atoms with van der Waals surface area (Å²) in [6.45, 7) is 0. The van der Waals surface area contributed by atoms with E-state index in [1.807, 2.05) is 0 Å². The number of benzene rings is 6. The molecule has 3 nitrogen and oxygen atoms in total. The average Bonchev–Trinajstić information content (AvgIpc) is 3.22. The van der Waals surface area contributed by atoms with Gasteiger partial charge in [0.25, 0.3) is 0 Å². The molecule has 0 aromatic heterocycles. The lowest BCUT2D eigenvalue weighted by atomic mass is 9.85. The van der Waals surface area contributed by atoms with Crippen LogP contribution in [-0.4, -0.2) is 0 Å². The molecule has 6 aromatic rings. The van der Waals surface area contributed by atoms with E-state index < -0.39 is 89.0 Å². The van der Waals surface area contributed by atoms with Crippen molar-refractivity contribution in [1.82, 2.24) is 0 Å². The van der Waals surface area contributed by atoms with E-state index in [0.717, 1.165) is 0 Å². The zero-order valence-electron chi connectivity index (χ0n) is 25.4. The van der Waals surface area contributed by atoms with Crippen molar-refractivity contribution in [2.75, 3.05) is 0 Å². The largest absolute Gasteiger partial charge is 0.805 e. The van der Waals surface area contributed by atoms with E-state index in [0.29, 0.717) is 24.3 Å². The first kappa shape index (κ1) is 35.1. The van der Waals surface area contributed by atoms with Crippen molar-refractivity contribution >= 4 is 29.8 Å². The normalized spacial score (nSPS) is 13.7. The molecule has 0 atom stereocenters. The van der Waals surface area contributed by atoms with Crippen LogP contribution in [0, 0.1) is 0 Å². The van der Waals surface area contributed by atoms with Gasteiger partial charge >= 0.3 is 33.0 Å². The summed E-state index contributed by atoms with van der Waals surface area (Å²) in [4.78, 5) is 0. The van der Waals surface area contributed by atoms with Crippen molar-refractivity contribution in [3.05, 3.63) is 119 Å². The predicted molar refractivity (Wildman–Crippen MR) is 167 cm³/mol. The van der Waals surface area contributed by atoms with Crippen LogP contribution in [0.3, 0.4) is 0 Å². The van der Waals surface area contributed by atoms with Crippen LogP contribution in [0.4, 0.5) is 52.7 Å². The highest BCUT2D eigenvalue weighted by Crippen LogP contribution is 2.58. The molecule has 0 radical (unpaired) electrons. The molecule has 1 aliphatic heterocycles. The van der Waals surface area contributed by atoms with Crippen molar-refractivity contribution in [3.63, 3.8) is 0 Å². The molecule has 7 rings (SSSR count). The number of alkyl halides is 12. The molecule has 0 saturated carbocycles. The van der Waals surface area contributed by atoms with Gasteiger partial charge in [0.05, 0.1) is 22.3 Å². The lowest BCUT2D eigenvalue weighted by Gasteiger charge is -2.19. The average molecular weight is 755 g/mol. The van der Waals surface area contributed by atoms with Crippen LogP contribution in [0.15, 0.2) is 97.1 Å². The van der Waals surface area contributed by atoms with E-state index >= 15 is 0 Å². The Balaban J connectivity index is 1.65. The molecule has 0 spiro atoms. The molecule has 1 heterocycles. The molecule has 0 N–H and O–H groups in total. The van der Waals surface area contributed by atoms with Gasteiger partial charge in [-0.1, -0.05) is 48.5 Å². The van der Waals surface area contributed by atoms with Crippen molar-refractivity contribution < 1.29 is 66.3 Å². The van der Waals surface area contributed by atoms with Gasteiger partial charge in [-0.15, -0.1) is 0 Å². The van der Waals surface area contributed by atoms with Crippen LogP contribution in [0.2, 0.25) is 0 Å². The summed E-state index contributed by atoms with van der Waals surface area (Å²) < 4.78 is 192. The van der Waals surface area contributed by atoms with Crippen LogP contribution < -0.4 is 9.05 Å². The molecule has 6 aromatic carbocycles. The van der Waals surface area contributed by atoms with Gasteiger partial charge in [-0.3, -0.25) is 0 Å². The van der Waals surface area contributed by atoms with Gasteiger partial charge in [0.1, 0.15) is 0 Å². The Kier molecular flexibility index (Phi) is 8.02. The van der Waals surface area contributed by atoms with E-state index in [-0.39, 0.29) is 44.8 Å². The van der Waals surface area contributed by atoms with Gasteiger partial charge in [-0.25, -0.2) is 9.05 Å². The maximum Gasteiger partial charge on any atom is 0.805 e. The Labute approximate surface area is 285 Å². The molecule has 16 heteroatoms. The summed E-state index contributed by atoms with van der Waals surface area (Å²) in [5, 5.41) is 0.895. The maximum absolute atomic E-state index is 13.9. The molecular formula is C36H16F12O3P+. The second kappa shape index (κ2) is 11.9. The fraction of sp³-hybridized carbons (Fsp3) is 0.111. The SMILES string of the molecule is O=[P+]1Oc2c(-c3cc(C(F)(F)F)cc(C(F)(F)F)c3)cc3ccccc3c2-c2c(c(-c3cc(C(F)(F)F)cc(C(F)(F)F)c3)cc3ccccc23)O1. The van der Waals surface area contributed by atoms with E-state index in [9.17, 15) is 57.3 Å². The zero-order valence-corrected chi connectivity index (χ0v) is 26.3. The summed E-state index contributed by atoms with van der Waals surface area (Å²) in [6, 6.07) is 16.0. The van der Waals surface area contributed by atoms with E-state index in [1.54, 1.807) is 0 Å². The summed E-state index contributed by atoms with van der Waals surface area (Å²) in [5.74, 6) is -1.01. The van der Waals surface area contributed by atoms with Gasteiger partial charge in [-0.2, -0.15) is 52.7 Å². The van der Waals surface area contributed by atoms with Gasteiger partial charge in [0.2, 0.25) is 11.5 Å². The third-order valence-corrected chi connectivity index (χ3v) is 9.05. The molecule has 0 aliphatic carbocycles. The van der Waals surface area contributed by atoms with Crippen LogP contribution in [0.25, 0.3) is 54.9 Å². The first-order valence-corrected chi connectivity index (χ1v) is 15.8. The Bertz CT molecular complexity index is 2210. The number of hydrogen-bond acceptors (Lipinski definition) is 3. The molecule has 0 amide bonds. The topological polar surface area (TPSA) is 35.5 Å². The minimum absolute atomic E-state index is 0.0764. The highest BCUT2D eigenvalue weighted by molar-refractivity contribution is 7.34. The monoisotopic (exact) mass is 755 g/mol. The summed E-state index contributed by atoms with van der Waals surface area (Å²) in [5.41, 5.74) is -8.92. The van der Waals surface area contributed by atoms with Crippen molar-refractivity contribution in [2.45, 2.75) is 24.7 Å². The minimum atomic E-state index is -5.24. The van der Waals surface area contributed by atoms with Crippen LogP contribution in [0.5, 0.6) is 11.5 Å². The van der Waals surface area contributed by atoms with Gasteiger partial charge in [0, 0.05) is 26.8 Å². The van der Waals surface area contributed by atoms with E-state index in [4.69, 9.17) is 9.05 Å². The van der Waals surface area contributed by atoms with E-state index in [2.05, 4.69) is 0 Å². The number of rotatable bonds is 2. The maximum atomic E-state index is 13.9. The van der Waals surface area contributed by atoms with Crippen molar-refractivity contribution in [2.24, 2.45) is 0 Å². The Morgan fingerprint density at radius 2 is 0.731 bits per heavy atom. The number of halogens is 12. The highest BCUT2D eigenvalue weighted by atomic mass is 31.1. The Morgan fingerprint density at radius 3 is 1.04 bits per heavy atom. The lowest BCUT2D eigenvalue weighted by Crippen LogP contribution is -2.11. The molecule has 0 fully saturated rings. The fourth-order valence-corrected chi connectivity index (χ4v) is 6.88. The molecule has 0 bridgehead atoms. The molecule has 1 aliphatic rings. The van der Waals surface area contributed by atoms with Gasteiger partial charge in [-0.05, 0) is 81.2 Å². The van der Waals surface area contributed by atoms with E-state index in [1.165, 1.54) is 60.7 Å². The van der Waals surface area contributed by atoms with Crippen LogP contribution in [0.1, 0.15) is 22.3 Å². The van der Waals surface area contributed by atoms with Crippen molar-refractivity contribution in [3.8, 4) is 44.9 Å². The third kappa shape index (κ3) is 6.27. The smallest absolute Gasteiger partial charge is 0.221 e. The predicted octanol–water partition coefficient (Wildman–Crippen LogP) is 13.5. The lowest BCUT2D eigenvalue weighted by molar-refractivity contribution is -0.144. The molecule has 266 valence electrons. The Hall–Kier alpha value is -5.30. The summed E-state index contributed by atoms with van der Waals surface area (Å²) in [6.07, 6.45) is -21.0. The fourth-order valence-electron chi connectivity index (χ4n) is 6.16. The highest BCUT2D eigenvalue weighted by Gasteiger charge is 2.42. The number of hydrogen-bond donors (Lipinski definition) is 0. The first-order chi connectivity index (χ1) is 24.2. The second-order valence-corrected chi connectivity index (χ2v) is 12.5. The molecule has 0 saturated heterocycles.